The van der Waals surface area contributed by atoms with Gasteiger partial charge in [-0.1, -0.05) is 36.4 Å². The van der Waals surface area contributed by atoms with Crippen LogP contribution < -0.4 is 0 Å². The fraction of sp³-hybridized carbons (Fsp3) is 0.0667. The molecule has 0 aromatic heterocycles. The second-order valence-electron chi connectivity index (χ2n) is 4.32. The molecule has 106 valence electrons. The lowest BCUT2D eigenvalue weighted by atomic mass is 10.4. The molecule has 0 unspecified atom stereocenters. The van der Waals surface area contributed by atoms with Crippen molar-refractivity contribution in [2.24, 2.45) is 0 Å². The lowest BCUT2D eigenvalue weighted by Gasteiger charge is -2.14. The lowest BCUT2D eigenvalue weighted by molar-refractivity contribution is -0.121. The van der Waals surface area contributed by atoms with Crippen molar-refractivity contribution in [1.82, 2.24) is 8.61 Å². The van der Waals surface area contributed by atoms with Crippen LogP contribution in [0.1, 0.15) is 0 Å². The van der Waals surface area contributed by atoms with E-state index in [4.69, 9.17) is 0 Å². The predicted octanol–water partition coefficient (Wildman–Crippen LogP) is 3.67. The molecule has 0 spiro atoms. The standard InChI is InChI=1S/C15H12N2O2S2/c18-14-11-16(20-12-7-3-1-4-8-12)15(19)17(14)21-13-9-5-2-6-10-13/h1-10H,11H2. The minimum Gasteiger partial charge on any atom is -0.271 e. The topological polar surface area (TPSA) is 40.6 Å². The number of imide groups is 1. The van der Waals surface area contributed by atoms with E-state index in [0.717, 1.165) is 21.7 Å². The van der Waals surface area contributed by atoms with E-state index in [1.165, 1.54) is 20.6 Å². The Morgan fingerprint density at radius 1 is 0.762 bits per heavy atom. The Bertz CT molecular complexity index is 649. The Kier molecular flexibility index (Phi) is 4.17. The molecule has 4 nitrogen and oxygen atoms in total. The second-order valence-corrected chi connectivity index (χ2v) is 6.43. The Labute approximate surface area is 131 Å². The van der Waals surface area contributed by atoms with Gasteiger partial charge in [0.1, 0.15) is 6.54 Å². The van der Waals surface area contributed by atoms with Gasteiger partial charge in [0, 0.05) is 9.79 Å². The zero-order valence-corrected chi connectivity index (χ0v) is 12.6. The fourth-order valence-electron chi connectivity index (χ4n) is 1.82. The van der Waals surface area contributed by atoms with E-state index in [1.807, 2.05) is 60.7 Å². The minimum absolute atomic E-state index is 0.0955. The second kappa shape index (κ2) is 6.24. The van der Waals surface area contributed by atoms with Crippen molar-refractivity contribution in [3.63, 3.8) is 0 Å². The zero-order chi connectivity index (χ0) is 14.7. The van der Waals surface area contributed by atoms with Crippen LogP contribution in [0.15, 0.2) is 70.5 Å². The van der Waals surface area contributed by atoms with Gasteiger partial charge < -0.3 is 0 Å². The summed E-state index contributed by atoms with van der Waals surface area (Å²) in [6.45, 7) is 0.0955. The first-order valence-electron chi connectivity index (χ1n) is 6.34. The van der Waals surface area contributed by atoms with Crippen LogP contribution in [0.2, 0.25) is 0 Å². The van der Waals surface area contributed by atoms with E-state index in [0.29, 0.717) is 0 Å². The monoisotopic (exact) mass is 316 g/mol. The molecule has 6 heteroatoms. The molecule has 1 aliphatic heterocycles. The Morgan fingerprint density at radius 3 is 1.86 bits per heavy atom. The van der Waals surface area contributed by atoms with Gasteiger partial charge in [0.15, 0.2) is 0 Å². The largest absolute Gasteiger partial charge is 0.348 e. The van der Waals surface area contributed by atoms with Gasteiger partial charge in [0.05, 0.1) is 0 Å². The average molecular weight is 316 g/mol. The van der Waals surface area contributed by atoms with Crippen molar-refractivity contribution >= 4 is 35.8 Å². The molecule has 1 aliphatic rings. The molecule has 3 rings (SSSR count). The van der Waals surface area contributed by atoms with E-state index < -0.39 is 0 Å². The Balaban J connectivity index is 1.70. The SMILES string of the molecule is O=C1CN(Sc2ccccc2)C(=O)N1Sc1ccccc1. The first kappa shape index (κ1) is 14.0. The highest BCUT2D eigenvalue weighted by atomic mass is 32.2. The third-order valence-corrected chi connectivity index (χ3v) is 4.81. The highest BCUT2D eigenvalue weighted by molar-refractivity contribution is 7.99. The van der Waals surface area contributed by atoms with Gasteiger partial charge in [-0.25, -0.2) is 4.79 Å². The molecular weight excluding hydrogens is 304 g/mol. The van der Waals surface area contributed by atoms with Gasteiger partial charge >= 0.3 is 6.03 Å². The van der Waals surface area contributed by atoms with Gasteiger partial charge in [0.25, 0.3) is 5.91 Å². The molecule has 2 aromatic rings. The van der Waals surface area contributed by atoms with Crippen molar-refractivity contribution < 1.29 is 9.59 Å². The molecule has 2 aromatic carbocycles. The summed E-state index contributed by atoms with van der Waals surface area (Å²) in [6, 6.07) is 18.7. The minimum atomic E-state index is -0.289. The van der Waals surface area contributed by atoms with Crippen LogP contribution in [0.4, 0.5) is 4.79 Å². The van der Waals surface area contributed by atoms with E-state index >= 15 is 0 Å². The molecule has 0 bridgehead atoms. The molecule has 0 radical (unpaired) electrons. The van der Waals surface area contributed by atoms with Crippen LogP contribution in [-0.4, -0.2) is 27.1 Å². The highest BCUT2D eigenvalue weighted by Gasteiger charge is 2.37. The highest BCUT2D eigenvalue weighted by Crippen LogP contribution is 2.33. The zero-order valence-electron chi connectivity index (χ0n) is 11.0. The van der Waals surface area contributed by atoms with Crippen LogP contribution in [0, 0.1) is 0 Å². The molecule has 3 amide bonds. The van der Waals surface area contributed by atoms with Crippen LogP contribution in [0.5, 0.6) is 0 Å². The number of benzene rings is 2. The van der Waals surface area contributed by atoms with Crippen LogP contribution in [-0.2, 0) is 4.79 Å². The number of urea groups is 1. The first-order chi connectivity index (χ1) is 10.2. The van der Waals surface area contributed by atoms with Gasteiger partial charge in [-0.2, -0.15) is 4.31 Å². The number of amides is 3. The molecule has 1 fully saturated rings. The normalized spacial score (nSPS) is 14.9. The van der Waals surface area contributed by atoms with Crippen LogP contribution in [0.3, 0.4) is 0 Å². The number of hydrogen-bond donors (Lipinski definition) is 0. The summed E-state index contributed by atoms with van der Waals surface area (Å²) in [5, 5.41) is 0. The summed E-state index contributed by atoms with van der Waals surface area (Å²) in [5.74, 6) is -0.197. The van der Waals surface area contributed by atoms with Crippen molar-refractivity contribution in [2.75, 3.05) is 6.54 Å². The fourth-order valence-corrected chi connectivity index (χ4v) is 3.56. The van der Waals surface area contributed by atoms with E-state index in [2.05, 4.69) is 0 Å². The summed E-state index contributed by atoms with van der Waals surface area (Å²) in [6.07, 6.45) is 0. The maximum Gasteiger partial charge on any atom is 0.348 e. The van der Waals surface area contributed by atoms with Gasteiger partial charge in [-0.15, -0.1) is 0 Å². The average Bonchev–Trinajstić information content (AvgIpc) is 2.77. The molecule has 0 N–H and O–H groups in total. The number of rotatable bonds is 4. The predicted molar refractivity (Wildman–Crippen MR) is 83.5 cm³/mol. The smallest absolute Gasteiger partial charge is 0.271 e. The first-order valence-corrected chi connectivity index (χ1v) is 7.89. The quantitative estimate of drug-likeness (QED) is 0.637. The summed E-state index contributed by atoms with van der Waals surface area (Å²) < 4.78 is 2.69. The lowest BCUT2D eigenvalue weighted by Crippen LogP contribution is -2.24. The summed E-state index contributed by atoms with van der Waals surface area (Å²) >= 11 is 2.45. The van der Waals surface area contributed by atoms with Crippen LogP contribution >= 0.6 is 23.9 Å². The Morgan fingerprint density at radius 2 is 1.29 bits per heavy atom. The molecule has 0 aliphatic carbocycles. The molecule has 1 saturated heterocycles. The van der Waals surface area contributed by atoms with Gasteiger partial charge in [-0.05, 0) is 48.2 Å². The van der Waals surface area contributed by atoms with Crippen molar-refractivity contribution in [2.45, 2.75) is 9.79 Å². The molecule has 21 heavy (non-hydrogen) atoms. The van der Waals surface area contributed by atoms with E-state index in [9.17, 15) is 9.59 Å². The maximum absolute atomic E-state index is 12.3. The van der Waals surface area contributed by atoms with Crippen molar-refractivity contribution in [3.8, 4) is 0 Å². The molecule has 1 heterocycles. The van der Waals surface area contributed by atoms with Crippen molar-refractivity contribution in [3.05, 3.63) is 60.7 Å². The molecule has 0 atom stereocenters. The van der Waals surface area contributed by atoms with E-state index in [1.54, 1.807) is 0 Å². The third kappa shape index (κ3) is 3.22. The van der Waals surface area contributed by atoms with Crippen LogP contribution in [0.25, 0.3) is 0 Å². The number of carbonyl (C=O) groups excluding carboxylic acids is 2. The maximum atomic E-state index is 12.3. The molecular formula is C15H12N2O2S2. The Hall–Kier alpha value is -1.92. The van der Waals surface area contributed by atoms with Crippen molar-refractivity contribution in [1.29, 1.82) is 0 Å². The molecule has 0 saturated carbocycles. The van der Waals surface area contributed by atoms with Gasteiger partial charge in [0.2, 0.25) is 0 Å². The van der Waals surface area contributed by atoms with E-state index in [-0.39, 0.29) is 18.5 Å². The number of carbonyl (C=O) groups is 2. The summed E-state index contributed by atoms with van der Waals surface area (Å²) in [5.41, 5.74) is 0. The third-order valence-electron chi connectivity index (χ3n) is 2.79. The number of hydrogen-bond acceptors (Lipinski definition) is 4. The summed E-state index contributed by atoms with van der Waals surface area (Å²) in [4.78, 5) is 26.1. The van der Waals surface area contributed by atoms with Gasteiger partial charge in [-0.3, -0.25) is 9.10 Å². The summed E-state index contributed by atoms with van der Waals surface area (Å²) in [7, 11) is 0. The number of nitrogens with zero attached hydrogens (tertiary/aromatic N) is 2.